The summed E-state index contributed by atoms with van der Waals surface area (Å²) < 4.78 is 7.87. The van der Waals surface area contributed by atoms with Crippen molar-refractivity contribution in [3.8, 4) is 5.75 Å². The molecule has 1 aromatic carbocycles. The molecule has 0 bridgehead atoms. The number of benzene rings is 1. The number of aromatic nitrogens is 3. The van der Waals surface area contributed by atoms with Gasteiger partial charge in [0.15, 0.2) is 0 Å². The highest BCUT2D eigenvalue weighted by molar-refractivity contribution is 5.26. The Morgan fingerprint density at radius 3 is 2.86 bits per heavy atom. The van der Waals surface area contributed by atoms with Gasteiger partial charge in [-0.2, -0.15) is 0 Å². The standard InChI is InChI=1S/C15H21N5O/c16-10-13-2-4-14(5-3-13)21-9-1-6-19-7-8-20-12-17-18-15(20)11-19/h2-5,12H,1,6-11,16H2. The molecular formula is C15H21N5O. The maximum atomic E-state index is 5.75. The van der Waals surface area contributed by atoms with Gasteiger partial charge in [-0.15, -0.1) is 10.2 Å². The van der Waals surface area contributed by atoms with Crippen LogP contribution < -0.4 is 10.5 Å². The lowest BCUT2D eigenvalue weighted by atomic mass is 10.2. The number of ether oxygens (including phenoxy) is 1. The number of hydrogen-bond acceptors (Lipinski definition) is 5. The van der Waals surface area contributed by atoms with E-state index in [0.29, 0.717) is 6.54 Å². The van der Waals surface area contributed by atoms with Crippen molar-refractivity contribution in [1.82, 2.24) is 19.7 Å². The number of hydrogen-bond donors (Lipinski definition) is 1. The fourth-order valence-corrected chi connectivity index (χ4v) is 2.51. The zero-order chi connectivity index (χ0) is 14.5. The molecule has 0 spiro atoms. The minimum absolute atomic E-state index is 0.569. The Morgan fingerprint density at radius 1 is 1.19 bits per heavy atom. The summed E-state index contributed by atoms with van der Waals surface area (Å²) in [5.41, 5.74) is 6.70. The molecule has 2 aromatic rings. The molecule has 2 N–H and O–H groups in total. The molecule has 0 atom stereocenters. The molecule has 0 unspecified atom stereocenters. The van der Waals surface area contributed by atoms with E-state index in [0.717, 1.165) is 56.3 Å². The molecule has 0 radical (unpaired) electrons. The van der Waals surface area contributed by atoms with Crippen molar-refractivity contribution in [3.05, 3.63) is 42.0 Å². The quantitative estimate of drug-likeness (QED) is 0.803. The Bertz CT molecular complexity index is 566. The van der Waals surface area contributed by atoms with Gasteiger partial charge in [-0.25, -0.2) is 0 Å². The van der Waals surface area contributed by atoms with Crippen molar-refractivity contribution in [2.75, 3.05) is 19.7 Å². The van der Waals surface area contributed by atoms with Gasteiger partial charge < -0.3 is 15.0 Å². The van der Waals surface area contributed by atoms with Crippen molar-refractivity contribution in [1.29, 1.82) is 0 Å². The number of fused-ring (bicyclic) bond motifs is 1. The summed E-state index contributed by atoms with van der Waals surface area (Å²) in [6, 6.07) is 7.97. The van der Waals surface area contributed by atoms with Gasteiger partial charge in [-0.05, 0) is 24.1 Å². The van der Waals surface area contributed by atoms with Crippen molar-refractivity contribution in [2.24, 2.45) is 5.73 Å². The molecule has 0 fully saturated rings. The lowest BCUT2D eigenvalue weighted by Gasteiger charge is -2.26. The second kappa shape index (κ2) is 6.69. The second-order valence-corrected chi connectivity index (χ2v) is 5.27. The molecule has 0 aliphatic carbocycles. The summed E-state index contributed by atoms with van der Waals surface area (Å²) in [7, 11) is 0. The monoisotopic (exact) mass is 287 g/mol. The second-order valence-electron chi connectivity index (χ2n) is 5.27. The molecule has 1 aromatic heterocycles. The van der Waals surface area contributed by atoms with Crippen molar-refractivity contribution >= 4 is 0 Å². The van der Waals surface area contributed by atoms with E-state index < -0.39 is 0 Å². The zero-order valence-corrected chi connectivity index (χ0v) is 12.1. The largest absolute Gasteiger partial charge is 0.494 e. The molecule has 0 saturated carbocycles. The summed E-state index contributed by atoms with van der Waals surface area (Å²) in [5.74, 6) is 1.96. The fourth-order valence-electron chi connectivity index (χ4n) is 2.51. The van der Waals surface area contributed by atoms with Gasteiger partial charge in [0.1, 0.15) is 17.9 Å². The van der Waals surface area contributed by atoms with E-state index in [1.165, 1.54) is 0 Å². The van der Waals surface area contributed by atoms with Crippen LogP contribution in [0.4, 0.5) is 0 Å². The summed E-state index contributed by atoms with van der Waals surface area (Å²) in [6.45, 7) is 5.23. The summed E-state index contributed by atoms with van der Waals surface area (Å²) in [5, 5.41) is 8.07. The first-order chi connectivity index (χ1) is 10.3. The van der Waals surface area contributed by atoms with Gasteiger partial charge in [0.2, 0.25) is 0 Å². The van der Waals surface area contributed by atoms with Crippen LogP contribution in [0.5, 0.6) is 5.75 Å². The van der Waals surface area contributed by atoms with Gasteiger partial charge >= 0.3 is 0 Å². The van der Waals surface area contributed by atoms with Gasteiger partial charge in [-0.1, -0.05) is 12.1 Å². The average Bonchev–Trinajstić information content (AvgIpc) is 3.00. The molecule has 0 amide bonds. The van der Waals surface area contributed by atoms with E-state index >= 15 is 0 Å². The van der Waals surface area contributed by atoms with Crippen LogP contribution in [0.25, 0.3) is 0 Å². The molecule has 0 saturated heterocycles. The number of rotatable bonds is 6. The van der Waals surface area contributed by atoms with Crippen LogP contribution in [0.1, 0.15) is 17.8 Å². The predicted molar refractivity (Wildman–Crippen MR) is 79.7 cm³/mol. The minimum Gasteiger partial charge on any atom is -0.494 e. The lowest BCUT2D eigenvalue weighted by molar-refractivity contribution is 0.195. The highest BCUT2D eigenvalue weighted by atomic mass is 16.5. The molecule has 3 rings (SSSR count). The number of nitrogens with two attached hydrogens (primary N) is 1. The van der Waals surface area contributed by atoms with Crippen molar-refractivity contribution in [3.63, 3.8) is 0 Å². The molecule has 6 heteroatoms. The normalized spacial score (nSPS) is 14.9. The van der Waals surface area contributed by atoms with Gasteiger partial charge in [0.25, 0.3) is 0 Å². The topological polar surface area (TPSA) is 69.2 Å². The Hall–Kier alpha value is -1.92. The maximum Gasteiger partial charge on any atom is 0.147 e. The SMILES string of the molecule is NCc1ccc(OCCCN2CCn3cnnc3C2)cc1. The Kier molecular flexibility index (Phi) is 4.47. The third-order valence-corrected chi connectivity index (χ3v) is 3.76. The van der Waals surface area contributed by atoms with E-state index in [1.807, 2.05) is 24.3 Å². The highest BCUT2D eigenvalue weighted by Crippen LogP contribution is 2.13. The van der Waals surface area contributed by atoms with Crippen LogP contribution in [-0.4, -0.2) is 39.4 Å². The molecule has 21 heavy (non-hydrogen) atoms. The number of nitrogens with zero attached hydrogens (tertiary/aromatic N) is 4. The van der Waals surface area contributed by atoms with Gasteiger partial charge in [0, 0.05) is 26.2 Å². The Balaban J connectivity index is 1.38. The zero-order valence-electron chi connectivity index (χ0n) is 12.1. The van der Waals surface area contributed by atoms with Crippen LogP contribution in [0.3, 0.4) is 0 Å². The summed E-state index contributed by atoms with van der Waals surface area (Å²) in [4.78, 5) is 2.39. The fraction of sp³-hybridized carbons (Fsp3) is 0.467. The van der Waals surface area contributed by atoms with Crippen LogP contribution in [-0.2, 0) is 19.6 Å². The molecule has 112 valence electrons. The smallest absolute Gasteiger partial charge is 0.147 e. The summed E-state index contributed by atoms with van der Waals surface area (Å²) >= 11 is 0. The molecule has 1 aliphatic heterocycles. The van der Waals surface area contributed by atoms with E-state index in [2.05, 4.69) is 19.7 Å². The Morgan fingerprint density at radius 2 is 2.05 bits per heavy atom. The third kappa shape index (κ3) is 3.59. The van der Waals surface area contributed by atoms with Crippen LogP contribution in [0.2, 0.25) is 0 Å². The lowest BCUT2D eigenvalue weighted by Crippen LogP contribution is -2.34. The molecule has 1 aliphatic rings. The van der Waals surface area contributed by atoms with E-state index in [-0.39, 0.29) is 0 Å². The average molecular weight is 287 g/mol. The van der Waals surface area contributed by atoms with Crippen molar-refractivity contribution in [2.45, 2.75) is 26.1 Å². The molecule has 6 nitrogen and oxygen atoms in total. The maximum absolute atomic E-state index is 5.75. The predicted octanol–water partition coefficient (Wildman–Crippen LogP) is 1.02. The first kappa shape index (κ1) is 14.0. The third-order valence-electron chi connectivity index (χ3n) is 3.76. The highest BCUT2D eigenvalue weighted by Gasteiger charge is 2.16. The van der Waals surface area contributed by atoms with E-state index in [9.17, 15) is 0 Å². The molecule has 2 heterocycles. The van der Waals surface area contributed by atoms with E-state index in [4.69, 9.17) is 10.5 Å². The Labute approximate surface area is 124 Å². The van der Waals surface area contributed by atoms with E-state index in [1.54, 1.807) is 6.33 Å². The summed E-state index contributed by atoms with van der Waals surface area (Å²) in [6.07, 6.45) is 2.81. The van der Waals surface area contributed by atoms with Crippen LogP contribution in [0.15, 0.2) is 30.6 Å². The van der Waals surface area contributed by atoms with Gasteiger partial charge in [-0.3, -0.25) is 4.90 Å². The van der Waals surface area contributed by atoms with Crippen LogP contribution >= 0.6 is 0 Å². The first-order valence-corrected chi connectivity index (χ1v) is 7.36. The molecular weight excluding hydrogens is 266 g/mol. The van der Waals surface area contributed by atoms with Crippen LogP contribution in [0, 0.1) is 0 Å². The minimum atomic E-state index is 0.569. The first-order valence-electron chi connectivity index (χ1n) is 7.36. The van der Waals surface area contributed by atoms with Crippen molar-refractivity contribution < 1.29 is 4.74 Å². The van der Waals surface area contributed by atoms with Gasteiger partial charge in [0.05, 0.1) is 13.2 Å².